The minimum absolute atomic E-state index is 0.000148. The van der Waals surface area contributed by atoms with Crippen molar-refractivity contribution in [3.05, 3.63) is 76.5 Å². The first-order valence-corrected chi connectivity index (χ1v) is 10.3. The van der Waals surface area contributed by atoms with Crippen LogP contribution < -0.4 is 5.32 Å². The molecule has 0 aliphatic heterocycles. The fourth-order valence-electron chi connectivity index (χ4n) is 3.29. The van der Waals surface area contributed by atoms with Crippen molar-refractivity contribution in [2.75, 3.05) is 5.32 Å². The fourth-order valence-corrected chi connectivity index (χ4v) is 3.29. The highest BCUT2D eigenvalue weighted by atomic mass is 19.4. The van der Waals surface area contributed by atoms with Gasteiger partial charge in [0.05, 0.1) is 24.1 Å². The van der Waals surface area contributed by atoms with Crippen LogP contribution in [0.15, 0.2) is 30.6 Å². The molecule has 1 N–H and O–H groups in total. The zero-order chi connectivity index (χ0) is 26.6. The lowest BCUT2D eigenvalue weighted by atomic mass is 9.91. The molecule has 4 rings (SSSR count). The summed E-state index contributed by atoms with van der Waals surface area (Å²) in [7, 11) is 0. The topological polar surface area (TPSA) is 77.1 Å². The number of aromatic nitrogens is 5. The largest absolute Gasteiger partial charge is 0.433 e. The van der Waals surface area contributed by atoms with Gasteiger partial charge in [-0.05, 0) is 6.07 Å². The van der Waals surface area contributed by atoms with E-state index in [1.54, 1.807) is 20.8 Å². The van der Waals surface area contributed by atoms with Crippen molar-refractivity contribution in [1.82, 2.24) is 24.4 Å². The second kappa shape index (κ2) is 8.60. The van der Waals surface area contributed by atoms with Gasteiger partial charge in [0.1, 0.15) is 11.5 Å². The number of benzene rings is 1. The number of hydrogen-bond donors (Lipinski definition) is 1. The van der Waals surface area contributed by atoms with Crippen LogP contribution in [0.1, 0.15) is 48.2 Å². The number of hydrogen-bond acceptors (Lipinski definition) is 4. The molecule has 3 aromatic heterocycles. The number of alkyl halides is 3. The van der Waals surface area contributed by atoms with E-state index in [1.165, 1.54) is 0 Å². The van der Waals surface area contributed by atoms with Crippen molar-refractivity contribution in [3.63, 3.8) is 0 Å². The molecule has 0 fully saturated rings. The summed E-state index contributed by atoms with van der Waals surface area (Å²) < 4.78 is 96.7. The van der Waals surface area contributed by atoms with E-state index in [0.717, 1.165) is 29.2 Å². The van der Waals surface area contributed by atoms with Crippen LogP contribution in [0.5, 0.6) is 0 Å². The first kappa shape index (κ1) is 25.1. The molecule has 0 aliphatic rings. The summed E-state index contributed by atoms with van der Waals surface area (Å²) in [6, 6.07) is 2.14. The lowest BCUT2D eigenvalue weighted by Gasteiger charge is -2.19. The number of nitrogens with one attached hydrogen (secondary N) is 1. The van der Waals surface area contributed by atoms with E-state index >= 15 is 0 Å². The van der Waals surface area contributed by atoms with Crippen LogP contribution in [0.3, 0.4) is 0 Å². The number of carbonyl (C=O) groups excluding carboxylic acids is 1. The first-order chi connectivity index (χ1) is 16.6. The maximum absolute atomic E-state index is 13.9. The van der Waals surface area contributed by atoms with Crippen LogP contribution in [-0.2, 0) is 18.1 Å². The predicted molar refractivity (Wildman–Crippen MR) is 112 cm³/mol. The Hall–Kier alpha value is -3.97. The Balaban J connectivity index is 1.60. The molecule has 4 aromatic rings. The highest BCUT2D eigenvalue weighted by Gasteiger charge is 2.36. The van der Waals surface area contributed by atoms with Crippen LogP contribution in [0, 0.1) is 23.3 Å². The minimum atomic E-state index is -4.77. The van der Waals surface area contributed by atoms with Crippen LogP contribution in [-0.4, -0.2) is 30.3 Å². The molecular weight excluding hydrogens is 497 g/mol. The van der Waals surface area contributed by atoms with Gasteiger partial charge in [0.25, 0.3) is 5.91 Å². The molecule has 190 valence electrons. The Kier molecular flexibility index (Phi) is 6.01. The average molecular weight is 514 g/mol. The lowest BCUT2D eigenvalue weighted by Crippen LogP contribution is -2.20. The molecule has 0 radical (unpaired) electrons. The maximum Gasteiger partial charge on any atom is 0.433 e. The highest BCUT2D eigenvalue weighted by Crippen LogP contribution is 2.32. The summed E-state index contributed by atoms with van der Waals surface area (Å²) >= 11 is 0. The number of anilines is 1. The van der Waals surface area contributed by atoms with Gasteiger partial charge in [-0.2, -0.15) is 23.4 Å². The zero-order valence-electron chi connectivity index (χ0n) is 18.9. The molecule has 0 saturated carbocycles. The van der Waals surface area contributed by atoms with E-state index in [9.17, 15) is 35.5 Å². The minimum Gasteiger partial charge on any atom is -0.318 e. The molecule has 0 bridgehead atoms. The highest BCUT2D eigenvalue weighted by molar-refractivity contribution is 6.03. The smallest absolute Gasteiger partial charge is 0.318 e. The van der Waals surface area contributed by atoms with Crippen LogP contribution >= 0.6 is 0 Å². The molecule has 0 saturated heterocycles. The van der Waals surface area contributed by atoms with Crippen LogP contribution in [0.25, 0.3) is 5.65 Å². The summed E-state index contributed by atoms with van der Waals surface area (Å²) in [5.74, 6) is -7.50. The predicted octanol–water partition coefficient (Wildman–Crippen LogP) is 5.10. The molecule has 36 heavy (non-hydrogen) atoms. The Morgan fingerprint density at radius 2 is 1.69 bits per heavy atom. The average Bonchev–Trinajstić information content (AvgIpc) is 3.39. The molecule has 0 unspecified atom stereocenters. The summed E-state index contributed by atoms with van der Waals surface area (Å²) in [5.41, 5.74) is -3.05. The zero-order valence-corrected chi connectivity index (χ0v) is 18.9. The molecule has 3 heterocycles. The van der Waals surface area contributed by atoms with Gasteiger partial charge in [-0.1, -0.05) is 20.8 Å². The van der Waals surface area contributed by atoms with E-state index in [2.05, 4.69) is 20.5 Å². The van der Waals surface area contributed by atoms with Crippen molar-refractivity contribution in [1.29, 1.82) is 0 Å². The van der Waals surface area contributed by atoms with Crippen LogP contribution in [0.2, 0.25) is 0 Å². The number of carbonyl (C=O) groups is 1. The van der Waals surface area contributed by atoms with Gasteiger partial charge < -0.3 is 5.32 Å². The Morgan fingerprint density at radius 3 is 2.33 bits per heavy atom. The monoisotopic (exact) mass is 514 g/mol. The van der Waals surface area contributed by atoms with E-state index in [1.807, 2.05) is 0 Å². The van der Waals surface area contributed by atoms with Crippen LogP contribution in [0.4, 0.5) is 36.4 Å². The van der Waals surface area contributed by atoms with Gasteiger partial charge in [-0.3, -0.25) is 9.48 Å². The summed E-state index contributed by atoms with van der Waals surface area (Å²) in [4.78, 5) is 16.8. The van der Waals surface area contributed by atoms with E-state index in [0.29, 0.717) is 4.52 Å². The van der Waals surface area contributed by atoms with Crippen molar-refractivity contribution >= 4 is 17.2 Å². The van der Waals surface area contributed by atoms with E-state index < -0.39 is 58.6 Å². The third-order valence-electron chi connectivity index (χ3n) is 5.14. The Labute approximate surface area is 198 Å². The summed E-state index contributed by atoms with van der Waals surface area (Å²) in [6.07, 6.45) is -2.56. The summed E-state index contributed by atoms with van der Waals surface area (Å²) in [6.45, 7) is 4.43. The van der Waals surface area contributed by atoms with Gasteiger partial charge >= 0.3 is 6.18 Å². The number of fused-ring (bicyclic) bond motifs is 1. The SMILES string of the molecule is CC(C)(C)c1cc(C(F)(F)F)n2nc(C(=O)Nc3cnn(Cc4c(F)cc(F)c(F)c4F)c3)cc2n1. The molecule has 0 aliphatic carbocycles. The standard InChI is InChI=1S/C22H17F7N6O/c1-21(2,3)15-6-16(22(27,28)29)35-17(32-15)5-14(33-35)20(36)31-10-7-30-34(8-10)9-11-12(23)4-13(24)19(26)18(11)25/h4-8H,9H2,1-3H3,(H,31,36). The second-order valence-corrected chi connectivity index (χ2v) is 8.90. The Bertz CT molecular complexity index is 1480. The fraction of sp³-hybridized carbons (Fsp3) is 0.273. The molecule has 1 amide bonds. The van der Waals surface area contributed by atoms with E-state index in [-0.39, 0.29) is 28.8 Å². The van der Waals surface area contributed by atoms with Gasteiger partial charge in [-0.15, -0.1) is 0 Å². The molecule has 0 atom stereocenters. The van der Waals surface area contributed by atoms with Gasteiger partial charge in [0.2, 0.25) is 0 Å². The molecule has 0 spiro atoms. The normalized spacial score (nSPS) is 12.4. The van der Waals surface area contributed by atoms with Gasteiger partial charge in [0, 0.05) is 29.3 Å². The Morgan fingerprint density at radius 1 is 1.00 bits per heavy atom. The maximum atomic E-state index is 13.9. The number of halogens is 7. The number of amides is 1. The number of rotatable bonds is 4. The van der Waals surface area contributed by atoms with Gasteiger partial charge in [-0.25, -0.2) is 27.1 Å². The number of nitrogens with zero attached hydrogens (tertiary/aromatic N) is 5. The first-order valence-electron chi connectivity index (χ1n) is 10.3. The third kappa shape index (κ3) is 4.75. The molecule has 7 nitrogen and oxygen atoms in total. The third-order valence-corrected chi connectivity index (χ3v) is 5.14. The molecule has 14 heteroatoms. The van der Waals surface area contributed by atoms with Crippen molar-refractivity contribution in [2.45, 2.75) is 38.9 Å². The second-order valence-electron chi connectivity index (χ2n) is 8.90. The van der Waals surface area contributed by atoms with E-state index in [4.69, 9.17) is 0 Å². The molecule has 1 aromatic carbocycles. The lowest BCUT2D eigenvalue weighted by molar-refractivity contribution is -0.142. The van der Waals surface area contributed by atoms with Gasteiger partial charge in [0.15, 0.2) is 28.8 Å². The van der Waals surface area contributed by atoms with Crippen molar-refractivity contribution in [2.24, 2.45) is 0 Å². The quantitative estimate of drug-likeness (QED) is 0.234. The molecular formula is C22H17F7N6O. The van der Waals surface area contributed by atoms with Crippen molar-refractivity contribution < 1.29 is 35.5 Å². The summed E-state index contributed by atoms with van der Waals surface area (Å²) in [5, 5.41) is 9.87. The van der Waals surface area contributed by atoms with Crippen molar-refractivity contribution in [3.8, 4) is 0 Å².